The van der Waals surface area contributed by atoms with Gasteiger partial charge >= 0.3 is 0 Å². The van der Waals surface area contributed by atoms with Crippen LogP contribution in [0.1, 0.15) is 32.3 Å². The molecule has 1 aliphatic heterocycles. The quantitative estimate of drug-likeness (QED) is 0.683. The van der Waals surface area contributed by atoms with Crippen molar-refractivity contribution in [3.05, 3.63) is 35.4 Å². The van der Waals surface area contributed by atoms with E-state index >= 15 is 0 Å². The van der Waals surface area contributed by atoms with Crippen molar-refractivity contribution in [2.45, 2.75) is 33.1 Å². The second-order valence-corrected chi connectivity index (χ2v) is 5.87. The number of benzene rings is 1. The molecule has 1 heterocycles. The highest BCUT2D eigenvalue weighted by Gasteiger charge is 2.18. The maximum absolute atomic E-state index is 13.6. The van der Waals surface area contributed by atoms with Crippen LogP contribution in [0.3, 0.4) is 0 Å². The first-order valence-electron chi connectivity index (χ1n) is 8.08. The van der Waals surface area contributed by atoms with Gasteiger partial charge in [-0.3, -0.25) is 4.99 Å². The zero-order valence-corrected chi connectivity index (χ0v) is 13.4. The number of aliphatic imine (C=N–C) groups is 1. The summed E-state index contributed by atoms with van der Waals surface area (Å²) in [6.07, 6.45) is 2.74. The van der Waals surface area contributed by atoms with Crippen LogP contribution in [0, 0.1) is 17.6 Å². The molecule has 0 aromatic heterocycles. The van der Waals surface area contributed by atoms with E-state index in [9.17, 15) is 8.78 Å². The Morgan fingerprint density at radius 1 is 1.32 bits per heavy atom. The molecule has 2 rings (SSSR count). The molecule has 0 aliphatic carbocycles. The normalized spacial score (nSPS) is 16.9. The standard InChI is InChI=1S/C17H25F2N3/c1-3-20-17(22-11-8-13(2)9-12-22)21-10-7-14-5-4-6-15(18)16(14)19/h4-6,13H,3,7-12H2,1-2H3,(H,20,21). The van der Waals surface area contributed by atoms with Gasteiger partial charge in [0, 0.05) is 26.2 Å². The molecule has 0 spiro atoms. The van der Waals surface area contributed by atoms with Gasteiger partial charge in [0.2, 0.25) is 0 Å². The molecule has 3 nitrogen and oxygen atoms in total. The van der Waals surface area contributed by atoms with Crippen LogP contribution in [-0.4, -0.2) is 37.0 Å². The van der Waals surface area contributed by atoms with Crippen LogP contribution in [0.2, 0.25) is 0 Å². The van der Waals surface area contributed by atoms with Gasteiger partial charge in [0.05, 0.1) is 0 Å². The molecule has 1 N–H and O–H groups in total. The molecule has 1 fully saturated rings. The van der Waals surface area contributed by atoms with Crippen molar-refractivity contribution in [2.24, 2.45) is 10.9 Å². The largest absolute Gasteiger partial charge is 0.357 e. The van der Waals surface area contributed by atoms with Crippen LogP contribution < -0.4 is 5.32 Å². The summed E-state index contributed by atoms with van der Waals surface area (Å²) in [6, 6.07) is 4.29. The van der Waals surface area contributed by atoms with Crippen LogP contribution in [0.4, 0.5) is 8.78 Å². The Morgan fingerprint density at radius 2 is 2.05 bits per heavy atom. The van der Waals surface area contributed by atoms with Crippen LogP contribution in [-0.2, 0) is 6.42 Å². The summed E-state index contributed by atoms with van der Waals surface area (Å²) in [7, 11) is 0. The van der Waals surface area contributed by atoms with E-state index in [-0.39, 0.29) is 0 Å². The van der Waals surface area contributed by atoms with E-state index in [0.717, 1.165) is 37.6 Å². The topological polar surface area (TPSA) is 27.6 Å². The summed E-state index contributed by atoms with van der Waals surface area (Å²) in [6.45, 7) is 7.57. The molecule has 1 aliphatic rings. The van der Waals surface area contributed by atoms with Crippen LogP contribution in [0.25, 0.3) is 0 Å². The summed E-state index contributed by atoms with van der Waals surface area (Å²) in [4.78, 5) is 6.83. The Bertz CT molecular complexity index is 509. The van der Waals surface area contributed by atoms with Crippen molar-refractivity contribution in [2.75, 3.05) is 26.2 Å². The molecule has 1 aromatic carbocycles. The van der Waals surface area contributed by atoms with Gasteiger partial charge in [-0.15, -0.1) is 0 Å². The van der Waals surface area contributed by atoms with E-state index in [1.54, 1.807) is 6.07 Å². The fourth-order valence-corrected chi connectivity index (χ4v) is 2.67. The number of guanidine groups is 1. The lowest BCUT2D eigenvalue weighted by Crippen LogP contribution is -2.45. The Labute approximate surface area is 131 Å². The number of rotatable bonds is 4. The summed E-state index contributed by atoms with van der Waals surface area (Å²) in [5.41, 5.74) is 0.381. The predicted molar refractivity (Wildman–Crippen MR) is 86.0 cm³/mol. The van der Waals surface area contributed by atoms with Crippen molar-refractivity contribution in [3.8, 4) is 0 Å². The fraction of sp³-hybridized carbons (Fsp3) is 0.588. The molecule has 0 unspecified atom stereocenters. The average molecular weight is 309 g/mol. The minimum absolute atomic E-state index is 0.381. The van der Waals surface area contributed by atoms with Gasteiger partial charge in [-0.05, 0) is 43.7 Å². The van der Waals surface area contributed by atoms with Crippen molar-refractivity contribution < 1.29 is 8.78 Å². The molecule has 0 bridgehead atoms. The van der Waals surface area contributed by atoms with E-state index in [2.05, 4.69) is 22.1 Å². The Kier molecular flexibility index (Phi) is 6.16. The molecule has 0 amide bonds. The van der Waals surface area contributed by atoms with Gasteiger partial charge < -0.3 is 10.2 Å². The summed E-state index contributed by atoms with van der Waals surface area (Å²) in [5.74, 6) is 0.0969. The Hall–Kier alpha value is -1.65. The van der Waals surface area contributed by atoms with E-state index in [4.69, 9.17) is 0 Å². The summed E-state index contributed by atoms with van der Waals surface area (Å²) < 4.78 is 26.8. The zero-order valence-electron chi connectivity index (χ0n) is 13.4. The maximum Gasteiger partial charge on any atom is 0.193 e. The van der Waals surface area contributed by atoms with Crippen molar-refractivity contribution in [1.29, 1.82) is 0 Å². The number of nitrogens with one attached hydrogen (secondary N) is 1. The van der Waals surface area contributed by atoms with Crippen molar-refractivity contribution >= 4 is 5.96 Å². The molecule has 122 valence electrons. The Morgan fingerprint density at radius 3 is 2.73 bits per heavy atom. The lowest BCUT2D eigenvalue weighted by molar-refractivity contribution is 0.273. The highest BCUT2D eigenvalue weighted by atomic mass is 19.2. The first kappa shape index (κ1) is 16.7. The van der Waals surface area contributed by atoms with E-state index in [1.165, 1.54) is 18.9 Å². The van der Waals surface area contributed by atoms with Crippen LogP contribution >= 0.6 is 0 Å². The third-order valence-electron chi connectivity index (χ3n) is 4.09. The number of hydrogen-bond acceptors (Lipinski definition) is 1. The molecule has 0 saturated carbocycles. The van der Waals surface area contributed by atoms with E-state index in [1.807, 2.05) is 6.92 Å². The van der Waals surface area contributed by atoms with Crippen LogP contribution in [0.15, 0.2) is 23.2 Å². The SMILES string of the molecule is CCNC(=NCCc1cccc(F)c1F)N1CCC(C)CC1. The summed E-state index contributed by atoms with van der Waals surface area (Å²) >= 11 is 0. The molecule has 0 radical (unpaired) electrons. The number of hydrogen-bond donors (Lipinski definition) is 1. The van der Waals surface area contributed by atoms with Gasteiger partial charge in [-0.25, -0.2) is 8.78 Å². The second-order valence-electron chi connectivity index (χ2n) is 5.87. The summed E-state index contributed by atoms with van der Waals surface area (Å²) in [5, 5.41) is 3.29. The first-order chi connectivity index (χ1) is 10.6. The molecule has 22 heavy (non-hydrogen) atoms. The third-order valence-corrected chi connectivity index (χ3v) is 4.09. The third kappa shape index (κ3) is 4.42. The highest BCUT2D eigenvalue weighted by molar-refractivity contribution is 5.80. The lowest BCUT2D eigenvalue weighted by atomic mass is 10.00. The Balaban J connectivity index is 1.96. The molecular weight excluding hydrogens is 284 g/mol. The maximum atomic E-state index is 13.6. The smallest absolute Gasteiger partial charge is 0.193 e. The minimum atomic E-state index is -0.793. The molecule has 1 saturated heterocycles. The number of likely N-dealkylation sites (tertiary alicyclic amines) is 1. The monoisotopic (exact) mass is 309 g/mol. The van der Waals surface area contributed by atoms with Gasteiger partial charge in [-0.1, -0.05) is 19.1 Å². The minimum Gasteiger partial charge on any atom is -0.357 e. The van der Waals surface area contributed by atoms with Crippen molar-refractivity contribution in [3.63, 3.8) is 0 Å². The second kappa shape index (κ2) is 8.11. The van der Waals surface area contributed by atoms with Gasteiger partial charge in [-0.2, -0.15) is 0 Å². The first-order valence-corrected chi connectivity index (χ1v) is 8.08. The molecule has 0 atom stereocenters. The average Bonchev–Trinajstić information content (AvgIpc) is 2.51. The van der Waals surface area contributed by atoms with Crippen LogP contribution in [0.5, 0.6) is 0 Å². The predicted octanol–water partition coefficient (Wildman–Crippen LogP) is 3.20. The fourth-order valence-electron chi connectivity index (χ4n) is 2.67. The number of halogens is 2. The number of nitrogens with zero attached hydrogens (tertiary/aromatic N) is 2. The molecular formula is C17H25F2N3. The molecule has 5 heteroatoms. The lowest BCUT2D eigenvalue weighted by Gasteiger charge is -2.33. The van der Waals surface area contributed by atoms with Gasteiger partial charge in [0.25, 0.3) is 0 Å². The highest BCUT2D eigenvalue weighted by Crippen LogP contribution is 2.16. The van der Waals surface area contributed by atoms with Gasteiger partial charge in [0.1, 0.15) is 0 Å². The number of piperidine rings is 1. The zero-order chi connectivity index (χ0) is 15.9. The van der Waals surface area contributed by atoms with E-state index in [0.29, 0.717) is 18.5 Å². The molecule has 1 aromatic rings. The van der Waals surface area contributed by atoms with Gasteiger partial charge in [0.15, 0.2) is 17.6 Å². The van der Waals surface area contributed by atoms with Crippen molar-refractivity contribution in [1.82, 2.24) is 10.2 Å². The van der Waals surface area contributed by atoms with E-state index < -0.39 is 11.6 Å².